The first-order valence-corrected chi connectivity index (χ1v) is 9.98. The van der Waals surface area contributed by atoms with E-state index in [0.717, 1.165) is 0 Å². The number of allylic oxidation sites excluding steroid dienone is 3. The predicted octanol–water partition coefficient (Wildman–Crippen LogP) is 4.01. The Morgan fingerprint density at radius 1 is 1.09 bits per heavy atom. The molecule has 9 nitrogen and oxygen atoms in total. The van der Waals surface area contributed by atoms with E-state index in [1.165, 1.54) is 27.4 Å². The van der Waals surface area contributed by atoms with Gasteiger partial charge in [0.25, 0.3) is 5.91 Å². The quantitative estimate of drug-likeness (QED) is 0.564. The Kier molecular flexibility index (Phi) is 6.21. The maximum absolute atomic E-state index is 13.0. The molecule has 0 saturated heterocycles. The monoisotopic (exact) mass is 447 g/mol. The van der Waals surface area contributed by atoms with Crippen LogP contribution in [0.4, 0.5) is 5.69 Å². The summed E-state index contributed by atoms with van der Waals surface area (Å²) in [4.78, 5) is 33.8. The second-order valence-corrected chi connectivity index (χ2v) is 7.00. The fourth-order valence-electron chi connectivity index (χ4n) is 3.31. The highest BCUT2D eigenvalue weighted by Crippen LogP contribution is 2.28. The molecule has 0 unspecified atom stereocenters. The molecule has 0 fully saturated rings. The van der Waals surface area contributed by atoms with Gasteiger partial charge in [0.15, 0.2) is 22.7 Å². The number of fused-ring (bicyclic) bond motifs is 1. The van der Waals surface area contributed by atoms with Crippen LogP contribution < -0.4 is 5.32 Å². The number of carbonyl (C=O) groups is 2. The standard InChI is InChI=1S/C24H21N3O6/c1-30-18-7-4-6-14(13-20(18)31-2)22(28)26-17-11-15(10-16(12-17)24(29)32-3)23-27-21-19(33-23)8-5-9-25-21/h4-5,7-13H,6H2,1-3H3,(H,26,28). The first kappa shape index (κ1) is 21.8. The number of aromatic nitrogens is 2. The van der Waals surface area contributed by atoms with Crippen molar-refractivity contribution in [1.29, 1.82) is 0 Å². The minimum Gasteiger partial charge on any atom is -0.493 e. The van der Waals surface area contributed by atoms with E-state index in [-0.39, 0.29) is 17.4 Å². The van der Waals surface area contributed by atoms with Crippen LogP contribution in [0.3, 0.4) is 0 Å². The highest BCUT2D eigenvalue weighted by atomic mass is 16.5. The number of methoxy groups -OCH3 is 3. The summed E-state index contributed by atoms with van der Waals surface area (Å²) < 4.78 is 21.3. The van der Waals surface area contributed by atoms with Gasteiger partial charge in [0, 0.05) is 23.0 Å². The van der Waals surface area contributed by atoms with Gasteiger partial charge in [-0.1, -0.05) is 6.08 Å². The van der Waals surface area contributed by atoms with E-state index in [4.69, 9.17) is 18.6 Å². The maximum atomic E-state index is 13.0. The summed E-state index contributed by atoms with van der Waals surface area (Å²) in [6.07, 6.45) is 7.14. The van der Waals surface area contributed by atoms with Crippen molar-refractivity contribution in [1.82, 2.24) is 9.97 Å². The molecular weight excluding hydrogens is 426 g/mol. The first-order valence-electron chi connectivity index (χ1n) is 9.98. The molecule has 0 saturated carbocycles. The van der Waals surface area contributed by atoms with E-state index in [9.17, 15) is 9.59 Å². The molecule has 0 radical (unpaired) electrons. The summed E-state index contributed by atoms with van der Waals surface area (Å²) in [5, 5.41) is 2.83. The minimum absolute atomic E-state index is 0.231. The maximum Gasteiger partial charge on any atom is 0.337 e. The van der Waals surface area contributed by atoms with E-state index in [1.807, 2.05) is 0 Å². The highest BCUT2D eigenvalue weighted by molar-refractivity contribution is 6.05. The van der Waals surface area contributed by atoms with Gasteiger partial charge in [0.2, 0.25) is 5.89 Å². The van der Waals surface area contributed by atoms with Gasteiger partial charge in [-0.15, -0.1) is 0 Å². The molecule has 33 heavy (non-hydrogen) atoms. The third-order valence-electron chi connectivity index (χ3n) is 4.91. The summed E-state index contributed by atoms with van der Waals surface area (Å²) in [5.41, 5.74) is 2.48. The van der Waals surface area contributed by atoms with Crippen LogP contribution in [-0.2, 0) is 19.0 Å². The van der Waals surface area contributed by atoms with E-state index in [0.29, 0.717) is 46.0 Å². The molecule has 3 aromatic rings. The lowest BCUT2D eigenvalue weighted by molar-refractivity contribution is -0.112. The third-order valence-corrected chi connectivity index (χ3v) is 4.91. The summed E-state index contributed by atoms with van der Waals surface area (Å²) in [6.45, 7) is 0. The van der Waals surface area contributed by atoms with Crippen molar-refractivity contribution in [2.45, 2.75) is 6.42 Å². The van der Waals surface area contributed by atoms with Gasteiger partial charge in [-0.25, -0.2) is 9.78 Å². The van der Waals surface area contributed by atoms with Gasteiger partial charge in [-0.2, -0.15) is 4.98 Å². The SMILES string of the molecule is COC(=O)c1cc(NC(=O)C2=CC(OC)=C(OC)C=CC2)cc(-c2nc3ncccc3o2)c1. The van der Waals surface area contributed by atoms with Gasteiger partial charge in [0.1, 0.15) is 0 Å². The Morgan fingerprint density at radius 2 is 1.91 bits per heavy atom. The Hall–Kier alpha value is -4.40. The number of hydrogen-bond donors (Lipinski definition) is 1. The zero-order chi connectivity index (χ0) is 23.4. The van der Waals surface area contributed by atoms with Crippen LogP contribution in [0.1, 0.15) is 16.8 Å². The lowest BCUT2D eigenvalue weighted by Crippen LogP contribution is -2.15. The number of nitrogens with zero attached hydrogens (tertiary/aromatic N) is 2. The average molecular weight is 447 g/mol. The topological polar surface area (TPSA) is 113 Å². The number of anilines is 1. The molecule has 0 atom stereocenters. The number of hydrogen-bond acceptors (Lipinski definition) is 8. The van der Waals surface area contributed by atoms with Gasteiger partial charge >= 0.3 is 5.97 Å². The first-order chi connectivity index (χ1) is 16.0. The number of pyridine rings is 1. The summed E-state index contributed by atoms with van der Waals surface area (Å²) in [5.74, 6) is 0.279. The molecule has 0 aliphatic heterocycles. The smallest absolute Gasteiger partial charge is 0.337 e. The van der Waals surface area contributed by atoms with Crippen LogP contribution in [0.25, 0.3) is 22.7 Å². The number of benzene rings is 1. The van der Waals surface area contributed by atoms with E-state index in [2.05, 4.69) is 15.3 Å². The molecule has 4 rings (SSSR count). The van der Waals surface area contributed by atoms with Gasteiger partial charge in [0.05, 0.1) is 26.9 Å². The molecule has 1 N–H and O–H groups in total. The van der Waals surface area contributed by atoms with Gasteiger partial charge in [-0.05, 0) is 48.9 Å². The zero-order valence-corrected chi connectivity index (χ0v) is 18.2. The number of carbonyl (C=O) groups excluding carboxylic acids is 2. The van der Waals surface area contributed by atoms with Crippen LogP contribution in [-0.4, -0.2) is 43.2 Å². The van der Waals surface area contributed by atoms with Crippen molar-refractivity contribution in [2.75, 3.05) is 26.6 Å². The molecule has 1 aliphatic rings. The lowest BCUT2D eigenvalue weighted by atomic mass is 10.1. The van der Waals surface area contributed by atoms with Crippen LogP contribution in [0, 0.1) is 0 Å². The van der Waals surface area contributed by atoms with Gasteiger partial charge in [-0.3, -0.25) is 4.79 Å². The second-order valence-electron chi connectivity index (χ2n) is 7.00. The molecule has 1 amide bonds. The summed E-state index contributed by atoms with van der Waals surface area (Å²) >= 11 is 0. The largest absolute Gasteiger partial charge is 0.493 e. The lowest BCUT2D eigenvalue weighted by Gasteiger charge is -2.11. The van der Waals surface area contributed by atoms with E-state index in [1.54, 1.807) is 48.7 Å². The Bertz CT molecular complexity index is 1290. The third kappa shape index (κ3) is 4.62. The van der Waals surface area contributed by atoms with Crippen molar-refractivity contribution < 1.29 is 28.2 Å². The second kappa shape index (κ2) is 9.39. The highest BCUT2D eigenvalue weighted by Gasteiger charge is 2.18. The van der Waals surface area contributed by atoms with Crippen LogP contribution >= 0.6 is 0 Å². The molecule has 0 bridgehead atoms. The zero-order valence-electron chi connectivity index (χ0n) is 18.2. The van der Waals surface area contributed by atoms with E-state index < -0.39 is 5.97 Å². The Labute approximate surface area is 189 Å². The van der Waals surface area contributed by atoms with Crippen molar-refractivity contribution in [3.8, 4) is 11.5 Å². The number of ether oxygens (including phenoxy) is 3. The van der Waals surface area contributed by atoms with Crippen molar-refractivity contribution in [2.24, 2.45) is 0 Å². The molecule has 1 aromatic carbocycles. The molecular formula is C24H21N3O6. The fourth-order valence-corrected chi connectivity index (χ4v) is 3.31. The van der Waals surface area contributed by atoms with E-state index >= 15 is 0 Å². The molecule has 9 heteroatoms. The van der Waals surface area contributed by atoms with Crippen molar-refractivity contribution in [3.05, 3.63) is 77.4 Å². The van der Waals surface area contributed by atoms with Crippen LogP contribution in [0.2, 0.25) is 0 Å². The van der Waals surface area contributed by atoms with Crippen LogP contribution in [0.15, 0.2) is 76.3 Å². The summed E-state index contributed by atoms with van der Waals surface area (Å²) in [7, 11) is 4.31. The van der Waals surface area contributed by atoms with Gasteiger partial charge < -0.3 is 23.9 Å². The molecule has 2 aromatic heterocycles. The number of rotatable bonds is 6. The normalized spacial score (nSPS) is 13.4. The van der Waals surface area contributed by atoms with Crippen molar-refractivity contribution in [3.63, 3.8) is 0 Å². The number of amides is 1. The molecule has 2 heterocycles. The fraction of sp³-hybridized carbons (Fsp3) is 0.167. The summed E-state index contributed by atoms with van der Waals surface area (Å²) in [6, 6.07) is 8.24. The predicted molar refractivity (Wildman–Crippen MR) is 120 cm³/mol. The Balaban J connectivity index is 1.70. The number of esters is 1. The van der Waals surface area contributed by atoms with Crippen LogP contribution in [0.5, 0.6) is 0 Å². The minimum atomic E-state index is -0.562. The van der Waals surface area contributed by atoms with Crippen molar-refractivity contribution >= 4 is 28.8 Å². The average Bonchev–Trinajstić information content (AvgIpc) is 3.16. The molecule has 0 spiro atoms. The Morgan fingerprint density at radius 3 is 2.64 bits per heavy atom. The number of oxazole rings is 1. The molecule has 1 aliphatic carbocycles. The molecule has 168 valence electrons. The number of nitrogens with one attached hydrogen (secondary N) is 1.